The Bertz CT molecular complexity index is 804. The Kier molecular flexibility index (Phi) is 4.63. The van der Waals surface area contributed by atoms with E-state index in [1.54, 1.807) is 6.26 Å². The SMILES string of the molecule is Cc1ccccc1CN1CCN(Cc2nnc(-c3ccco3)o2)CC1. The molecule has 0 atom stereocenters. The molecular formula is C19H22N4O2. The van der Waals surface area contributed by atoms with Crippen LogP contribution in [0, 0.1) is 6.92 Å². The van der Waals surface area contributed by atoms with Gasteiger partial charge in [-0.1, -0.05) is 24.3 Å². The molecule has 130 valence electrons. The number of hydrogen-bond acceptors (Lipinski definition) is 6. The molecule has 1 aromatic carbocycles. The summed E-state index contributed by atoms with van der Waals surface area (Å²) in [7, 11) is 0. The van der Waals surface area contributed by atoms with Crippen LogP contribution in [0.5, 0.6) is 0 Å². The Hall–Kier alpha value is -2.44. The van der Waals surface area contributed by atoms with Crippen LogP contribution in [0.1, 0.15) is 17.0 Å². The van der Waals surface area contributed by atoms with Crippen LogP contribution < -0.4 is 0 Å². The molecule has 1 aliphatic heterocycles. The molecule has 0 N–H and O–H groups in total. The van der Waals surface area contributed by atoms with Crippen molar-refractivity contribution in [1.29, 1.82) is 0 Å². The van der Waals surface area contributed by atoms with Crippen LogP contribution in [-0.2, 0) is 13.1 Å². The number of nitrogens with zero attached hydrogens (tertiary/aromatic N) is 4. The summed E-state index contributed by atoms with van der Waals surface area (Å²) in [5.41, 5.74) is 2.78. The highest BCUT2D eigenvalue weighted by molar-refractivity contribution is 5.42. The minimum Gasteiger partial charge on any atom is -0.459 e. The second-order valence-electron chi connectivity index (χ2n) is 6.46. The van der Waals surface area contributed by atoms with Gasteiger partial charge < -0.3 is 8.83 Å². The van der Waals surface area contributed by atoms with Crippen molar-refractivity contribution in [3.8, 4) is 11.7 Å². The van der Waals surface area contributed by atoms with Crippen molar-refractivity contribution < 1.29 is 8.83 Å². The van der Waals surface area contributed by atoms with Gasteiger partial charge in [0.1, 0.15) is 0 Å². The summed E-state index contributed by atoms with van der Waals surface area (Å²) in [4.78, 5) is 4.86. The van der Waals surface area contributed by atoms with Crippen LogP contribution >= 0.6 is 0 Å². The van der Waals surface area contributed by atoms with Gasteiger partial charge in [0.15, 0.2) is 5.76 Å². The van der Waals surface area contributed by atoms with Crippen LogP contribution in [0.3, 0.4) is 0 Å². The van der Waals surface area contributed by atoms with Gasteiger partial charge in [0.2, 0.25) is 5.89 Å². The maximum Gasteiger partial charge on any atom is 0.283 e. The summed E-state index contributed by atoms with van der Waals surface area (Å²) in [6, 6.07) is 12.2. The lowest BCUT2D eigenvalue weighted by Crippen LogP contribution is -2.45. The van der Waals surface area contributed by atoms with Crippen molar-refractivity contribution in [1.82, 2.24) is 20.0 Å². The Balaban J connectivity index is 1.30. The highest BCUT2D eigenvalue weighted by Crippen LogP contribution is 2.19. The van der Waals surface area contributed by atoms with E-state index in [2.05, 4.69) is 51.2 Å². The maximum atomic E-state index is 5.70. The summed E-state index contributed by atoms with van der Waals surface area (Å²) in [5.74, 6) is 1.69. The summed E-state index contributed by atoms with van der Waals surface area (Å²) >= 11 is 0. The third-order valence-electron chi connectivity index (χ3n) is 4.68. The predicted octanol–water partition coefficient (Wildman–Crippen LogP) is 2.96. The first-order valence-corrected chi connectivity index (χ1v) is 8.63. The van der Waals surface area contributed by atoms with E-state index in [0.717, 1.165) is 32.7 Å². The Morgan fingerprint density at radius 2 is 1.68 bits per heavy atom. The topological polar surface area (TPSA) is 58.5 Å². The van der Waals surface area contributed by atoms with Crippen molar-refractivity contribution in [2.24, 2.45) is 0 Å². The smallest absolute Gasteiger partial charge is 0.283 e. The predicted molar refractivity (Wildman–Crippen MR) is 93.7 cm³/mol. The first-order valence-electron chi connectivity index (χ1n) is 8.63. The number of aromatic nitrogens is 2. The average molecular weight is 338 g/mol. The lowest BCUT2D eigenvalue weighted by molar-refractivity contribution is 0.114. The van der Waals surface area contributed by atoms with Crippen LogP contribution in [0.25, 0.3) is 11.7 Å². The van der Waals surface area contributed by atoms with Gasteiger partial charge in [-0.05, 0) is 30.2 Å². The lowest BCUT2D eigenvalue weighted by Gasteiger charge is -2.34. The fourth-order valence-electron chi connectivity index (χ4n) is 3.14. The van der Waals surface area contributed by atoms with E-state index < -0.39 is 0 Å². The van der Waals surface area contributed by atoms with Crippen LogP contribution in [0.2, 0.25) is 0 Å². The molecule has 0 radical (unpaired) electrons. The van der Waals surface area contributed by atoms with Crippen LogP contribution in [-0.4, -0.2) is 46.2 Å². The molecule has 0 amide bonds. The van der Waals surface area contributed by atoms with E-state index in [1.165, 1.54) is 11.1 Å². The van der Waals surface area contributed by atoms with Crippen molar-refractivity contribution in [3.05, 3.63) is 59.7 Å². The van der Waals surface area contributed by atoms with Gasteiger partial charge in [-0.25, -0.2) is 0 Å². The number of piperazine rings is 1. The third kappa shape index (κ3) is 3.81. The molecule has 0 aliphatic carbocycles. The third-order valence-corrected chi connectivity index (χ3v) is 4.68. The van der Waals surface area contributed by atoms with Crippen molar-refractivity contribution in [3.63, 3.8) is 0 Å². The van der Waals surface area contributed by atoms with E-state index in [4.69, 9.17) is 8.83 Å². The number of rotatable bonds is 5. The van der Waals surface area contributed by atoms with E-state index in [1.807, 2.05) is 12.1 Å². The van der Waals surface area contributed by atoms with Crippen molar-refractivity contribution in [2.45, 2.75) is 20.0 Å². The minimum atomic E-state index is 0.443. The monoisotopic (exact) mass is 338 g/mol. The molecule has 3 heterocycles. The standard InChI is InChI=1S/C19H22N4O2/c1-15-5-2-3-6-16(15)13-22-8-10-23(11-9-22)14-18-20-21-19(25-18)17-7-4-12-24-17/h2-7,12H,8-11,13-14H2,1H3. The van der Waals surface area contributed by atoms with Gasteiger partial charge in [-0.2, -0.15) is 0 Å². The Morgan fingerprint density at radius 3 is 2.40 bits per heavy atom. The van der Waals surface area contributed by atoms with Crippen LogP contribution in [0.15, 0.2) is 51.5 Å². The molecule has 0 saturated carbocycles. The van der Waals surface area contributed by atoms with Gasteiger partial charge in [0.05, 0.1) is 12.8 Å². The molecule has 4 rings (SSSR count). The van der Waals surface area contributed by atoms with Gasteiger partial charge >= 0.3 is 0 Å². The van der Waals surface area contributed by atoms with E-state index in [0.29, 0.717) is 24.1 Å². The highest BCUT2D eigenvalue weighted by Gasteiger charge is 2.20. The molecule has 0 spiro atoms. The molecule has 0 unspecified atom stereocenters. The number of aryl methyl sites for hydroxylation is 1. The summed E-state index contributed by atoms with van der Waals surface area (Å²) in [6.45, 7) is 7.99. The molecule has 1 saturated heterocycles. The molecule has 3 aromatic rings. The molecule has 1 fully saturated rings. The van der Waals surface area contributed by atoms with Gasteiger partial charge in [0.25, 0.3) is 5.89 Å². The second-order valence-corrected chi connectivity index (χ2v) is 6.46. The number of furan rings is 1. The van der Waals surface area contributed by atoms with Crippen molar-refractivity contribution in [2.75, 3.05) is 26.2 Å². The van der Waals surface area contributed by atoms with Gasteiger partial charge in [-0.15, -0.1) is 10.2 Å². The minimum absolute atomic E-state index is 0.443. The molecule has 25 heavy (non-hydrogen) atoms. The quantitative estimate of drug-likeness (QED) is 0.713. The molecule has 6 heteroatoms. The molecule has 0 bridgehead atoms. The zero-order chi connectivity index (χ0) is 17.1. The summed E-state index contributed by atoms with van der Waals surface area (Å²) in [5, 5.41) is 8.19. The molecular weight excluding hydrogens is 316 g/mol. The Morgan fingerprint density at radius 1 is 0.920 bits per heavy atom. The lowest BCUT2D eigenvalue weighted by atomic mass is 10.1. The van der Waals surface area contributed by atoms with E-state index >= 15 is 0 Å². The zero-order valence-electron chi connectivity index (χ0n) is 14.4. The normalized spacial score (nSPS) is 16.4. The van der Waals surface area contributed by atoms with E-state index in [9.17, 15) is 0 Å². The average Bonchev–Trinajstić information content (AvgIpc) is 3.30. The zero-order valence-corrected chi connectivity index (χ0v) is 14.4. The first-order chi connectivity index (χ1) is 12.3. The number of hydrogen-bond donors (Lipinski definition) is 0. The van der Waals surface area contributed by atoms with Gasteiger partial charge in [-0.3, -0.25) is 9.80 Å². The maximum absolute atomic E-state index is 5.70. The van der Waals surface area contributed by atoms with Crippen LogP contribution in [0.4, 0.5) is 0 Å². The molecule has 2 aromatic heterocycles. The second kappa shape index (κ2) is 7.21. The molecule has 1 aliphatic rings. The fourth-order valence-corrected chi connectivity index (χ4v) is 3.14. The summed E-state index contributed by atoms with van der Waals surface area (Å²) < 4.78 is 11.0. The number of benzene rings is 1. The first kappa shape index (κ1) is 16.1. The molecule has 6 nitrogen and oxygen atoms in total. The summed E-state index contributed by atoms with van der Waals surface area (Å²) in [6.07, 6.45) is 1.60. The van der Waals surface area contributed by atoms with Gasteiger partial charge in [0, 0.05) is 32.7 Å². The fraction of sp³-hybridized carbons (Fsp3) is 0.368. The van der Waals surface area contributed by atoms with Crippen molar-refractivity contribution >= 4 is 0 Å². The largest absolute Gasteiger partial charge is 0.459 e. The van der Waals surface area contributed by atoms with E-state index in [-0.39, 0.29) is 0 Å². The highest BCUT2D eigenvalue weighted by atomic mass is 16.4. The Labute approximate surface area is 147 Å².